The van der Waals surface area contributed by atoms with Crippen molar-refractivity contribution in [2.45, 2.75) is 58.9 Å². The molecule has 0 spiro atoms. The van der Waals surface area contributed by atoms with E-state index in [0.717, 1.165) is 6.42 Å². The number of hydrogen-bond acceptors (Lipinski definition) is 1. The van der Waals surface area contributed by atoms with Crippen LogP contribution in [-0.2, 0) is 6.42 Å². The summed E-state index contributed by atoms with van der Waals surface area (Å²) in [6.07, 6.45) is 12.3. The Kier molecular flexibility index (Phi) is 6.70. The monoisotopic (exact) mass is 298 g/mol. The number of imidazole rings is 1. The van der Waals surface area contributed by atoms with Gasteiger partial charge in [-0.2, -0.15) is 0 Å². The zero-order chi connectivity index (χ0) is 15.8. The van der Waals surface area contributed by atoms with Gasteiger partial charge in [0.05, 0.1) is 6.33 Å². The number of aromatic nitrogens is 2. The molecule has 22 heavy (non-hydrogen) atoms. The van der Waals surface area contributed by atoms with E-state index >= 15 is 0 Å². The molecule has 120 valence electrons. The van der Waals surface area contributed by atoms with Crippen molar-refractivity contribution in [3.05, 3.63) is 54.6 Å². The van der Waals surface area contributed by atoms with Crippen LogP contribution in [0.4, 0.5) is 0 Å². The van der Waals surface area contributed by atoms with Gasteiger partial charge in [0.15, 0.2) is 0 Å². The molecule has 1 heterocycles. The number of nitrogens with zero attached hydrogens (tertiary/aromatic N) is 2. The second-order valence-corrected chi connectivity index (χ2v) is 6.67. The molecule has 2 unspecified atom stereocenters. The van der Waals surface area contributed by atoms with Crippen LogP contribution in [0.15, 0.2) is 49.1 Å². The smallest absolute Gasteiger partial charge is 0.0948 e. The van der Waals surface area contributed by atoms with Crippen molar-refractivity contribution in [1.82, 2.24) is 9.55 Å². The minimum absolute atomic E-state index is 0.550. The molecule has 0 aliphatic heterocycles. The third-order valence-electron chi connectivity index (χ3n) is 4.68. The Hall–Kier alpha value is -1.57. The van der Waals surface area contributed by atoms with E-state index in [9.17, 15) is 0 Å². The lowest BCUT2D eigenvalue weighted by molar-refractivity contribution is 0.234. The molecular formula is C20H30N2. The molecular weight excluding hydrogens is 268 g/mol. The first-order valence-corrected chi connectivity index (χ1v) is 8.73. The highest BCUT2D eigenvalue weighted by Gasteiger charge is 2.25. The molecule has 0 aliphatic carbocycles. The Labute approximate surface area is 135 Å². The summed E-state index contributed by atoms with van der Waals surface area (Å²) < 4.78 is 2.34. The lowest BCUT2D eigenvalue weighted by atomic mass is 9.81. The van der Waals surface area contributed by atoms with Gasteiger partial charge in [-0.15, -0.1) is 0 Å². The van der Waals surface area contributed by atoms with Crippen LogP contribution >= 0.6 is 0 Å². The molecule has 2 nitrogen and oxygen atoms in total. The van der Waals surface area contributed by atoms with Crippen molar-refractivity contribution in [3.63, 3.8) is 0 Å². The summed E-state index contributed by atoms with van der Waals surface area (Å²) in [5.74, 6) is 1.31. The fraction of sp³-hybridized carbons (Fsp3) is 0.550. The summed E-state index contributed by atoms with van der Waals surface area (Å²) in [7, 11) is 0. The largest absolute Gasteiger partial charge is 0.334 e. The van der Waals surface area contributed by atoms with Crippen molar-refractivity contribution in [2.24, 2.45) is 11.8 Å². The first kappa shape index (κ1) is 16.8. The summed E-state index contributed by atoms with van der Waals surface area (Å²) in [6.45, 7) is 6.99. The Morgan fingerprint density at radius 3 is 2.45 bits per heavy atom. The lowest BCUT2D eigenvalue weighted by Crippen LogP contribution is -2.25. The van der Waals surface area contributed by atoms with E-state index in [2.05, 4.69) is 66.9 Å². The molecule has 0 N–H and O–H groups in total. The van der Waals surface area contributed by atoms with E-state index in [1.54, 1.807) is 0 Å². The Morgan fingerprint density at radius 1 is 1.09 bits per heavy atom. The number of benzene rings is 1. The lowest BCUT2D eigenvalue weighted by Gasteiger charge is -2.31. The van der Waals surface area contributed by atoms with Crippen molar-refractivity contribution in [1.29, 1.82) is 0 Å². The van der Waals surface area contributed by atoms with Crippen LogP contribution in [0.25, 0.3) is 0 Å². The highest BCUT2D eigenvalue weighted by atomic mass is 15.1. The fourth-order valence-corrected chi connectivity index (χ4v) is 3.36. The predicted molar refractivity (Wildman–Crippen MR) is 93.9 cm³/mol. The van der Waals surface area contributed by atoms with E-state index in [0.29, 0.717) is 17.9 Å². The molecule has 1 aromatic heterocycles. The summed E-state index contributed by atoms with van der Waals surface area (Å²) in [6, 6.07) is 11.5. The molecule has 0 bridgehead atoms. The second-order valence-electron chi connectivity index (χ2n) is 6.67. The zero-order valence-electron chi connectivity index (χ0n) is 14.3. The Bertz CT molecular complexity index is 502. The van der Waals surface area contributed by atoms with Crippen LogP contribution < -0.4 is 0 Å². The fourth-order valence-electron chi connectivity index (χ4n) is 3.36. The topological polar surface area (TPSA) is 17.8 Å². The van der Waals surface area contributed by atoms with Gasteiger partial charge < -0.3 is 4.57 Å². The SMILES string of the molecule is CCCCCC(C(Cc1ccccc1)C(C)C)n1ccnc1. The van der Waals surface area contributed by atoms with Gasteiger partial charge in [-0.3, -0.25) is 0 Å². The van der Waals surface area contributed by atoms with Crippen molar-refractivity contribution in [3.8, 4) is 0 Å². The summed E-state index contributed by atoms with van der Waals surface area (Å²) in [5, 5.41) is 0. The summed E-state index contributed by atoms with van der Waals surface area (Å²) >= 11 is 0. The van der Waals surface area contributed by atoms with E-state index in [1.165, 1.54) is 31.2 Å². The van der Waals surface area contributed by atoms with Gasteiger partial charge in [0.1, 0.15) is 0 Å². The average molecular weight is 298 g/mol. The van der Waals surface area contributed by atoms with E-state index in [-0.39, 0.29) is 0 Å². The molecule has 2 rings (SSSR count). The maximum absolute atomic E-state index is 4.28. The molecule has 2 atom stereocenters. The van der Waals surface area contributed by atoms with Gasteiger partial charge in [-0.25, -0.2) is 4.98 Å². The van der Waals surface area contributed by atoms with Gasteiger partial charge in [0.25, 0.3) is 0 Å². The van der Waals surface area contributed by atoms with E-state index < -0.39 is 0 Å². The minimum atomic E-state index is 0.550. The average Bonchev–Trinajstić information content (AvgIpc) is 3.05. The summed E-state index contributed by atoms with van der Waals surface area (Å²) in [5.41, 5.74) is 1.45. The number of rotatable bonds is 9. The molecule has 0 saturated heterocycles. The highest BCUT2D eigenvalue weighted by Crippen LogP contribution is 2.33. The molecule has 0 saturated carbocycles. The maximum atomic E-state index is 4.28. The number of hydrogen-bond donors (Lipinski definition) is 0. The first-order chi connectivity index (χ1) is 10.7. The van der Waals surface area contributed by atoms with Gasteiger partial charge in [0, 0.05) is 18.4 Å². The predicted octanol–water partition coefficient (Wildman–Crippen LogP) is 5.52. The highest BCUT2D eigenvalue weighted by molar-refractivity contribution is 5.15. The van der Waals surface area contributed by atoms with Gasteiger partial charge >= 0.3 is 0 Å². The third kappa shape index (κ3) is 4.72. The Balaban J connectivity index is 2.16. The van der Waals surface area contributed by atoms with Crippen LogP contribution in [-0.4, -0.2) is 9.55 Å². The zero-order valence-corrected chi connectivity index (χ0v) is 14.3. The first-order valence-electron chi connectivity index (χ1n) is 8.73. The third-order valence-corrected chi connectivity index (χ3v) is 4.68. The molecule has 2 aromatic rings. The van der Waals surface area contributed by atoms with Crippen LogP contribution in [0.2, 0.25) is 0 Å². The normalized spacial score (nSPS) is 14.2. The summed E-state index contributed by atoms with van der Waals surface area (Å²) in [4.78, 5) is 4.28. The molecule has 0 amide bonds. The minimum Gasteiger partial charge on any atom is -0.334 e. The van der Waals surface area contributed by atoms with Crippen molar-refractivity contribution < 1.29 is 0 Å². The van der Waals surface area contributed by atoms with E-state index in [4.69, 9.17) is 0 Å². The van der Waals surface area contributed by atoms with Crippen LogP contribution in [0, 0.1) is 11.8 Å². The molecule has 0 aliphatic rings. The second kappa shape index (κ2) is 8.77. The van der Waals surface area contributed by atoms with Crippen molar-refractivity contribution >= 4 is 0 Å². The molecule has 0 radical (unpaired) electrons. The Morgan fingerprint density at radius 2 is 1.86 bits per heavy atom. The van der Waals surface area contributed by atoms with Gasteiger partial charge in [-0.05, 0) is 30.2 Å². The van der Waals surface area contributed by atoms with E-state index in [1.807, 2.05) is 12.5 Å². The van der Waals surface area contributed by atoms with Gasteiger partial charge in [0.2, 0.25) is 0 Å². The van der Waals surface area contributed by atoms with Gasteiger partial charge in [-0.1, -0.05) is 70.4 Å². The molecule has 2 heteroatoms. The standard InChI is InChI=1S/C20H30N2/c1-4-5-7-12-20(22-14-13-21-16-22)19(17(2)3)15-18-10-8-6-9-11-18/h6,8-11,13-14,16-17,19-20H,4-5,7,12,15H2,1-3H3. The quantitative estimate of drug-likeness (QED) is 0.557. The maximum Gasteiger partial charge on any atom is 0.0948 e. The van der Waals surface area contributed by atoms with Crippen LogP contribution in [0.3, 0.4) is 0 Å². The van der Waals surface area contributed by atoms with Crippen LogP contribution in [0.1, 0.15) is 58.1 Å². The molecule has 0 fully saturated rings. The van der Waals surface area contributed by atoms with Crippen LogP contribution in [0.5, 0.6) is 0 Å². The molecule has 1 aromatic carbocycles. The number of unbranched alkanes of at least 4 members (excludes halogenated alkanes) is 2. The van der Waals surface area contributed by atoms with Crippen molar-refractivity contribution in [2.75, 3.05) is 0 Å².